The molecular weight excluding hydrogens is 266 g/mol. The van der Waals surface area contributed by atoms with Gasteiger partial charge in [-0.3, -0.25) is 0 Å². The summed E-state index contributed by atoms with van der Waals surface area (Å²) in [7, 11) is 2.20. The highest BCUT2D eigenvalue weighted by Gasteiger charge is 2.13. The molecule has 0 aromatic carbocycles. The zero-order valence-corrected chi connectivity index (χ0v) is 15.5. The number of hydrogen-bond acceptors (Lipinski definition) is 1. The van der Waals surface area contributed by atoms with Crippen LogP contribution in [0.2, 0.25) is 0 Å². The zero-order chi connectivity index (χ0) is 16.7. The summed E-state index contributed by atoms with van der Waals surface area (Å²) in [5.74, 6) is 0.484. The van der Waals surface area contributed by atoms with Crippen LogP contribution >= 0.6 is 0 Å². The number of likely N-dealkylation sites (N-methyl/N-ethyl adjacent to an activating group) is 1. The molecule has 0 aromatic rings. The van der Waals surface area contributed by atoms with E-state index in [0.29, 0.717) is 12.0 Å². The van der Waals surface area contributed by atoms with Gasteiger partial charge in [-0.15, -0.1) is 0 Å². The van der Waals surface area contributed by atoms with Crippen molar-refractivity contribution in [2.45, 2.75) is 60.4 Å². The first-order valence-electron chi connectivity index (χ1n) is 8.50. The van der Waals surface area contributed by atoms with Crippen molar-refractivity contribution < 1.29 is 0 Å². The molecule has 22 heavy (non-hydrogen) atoms. The molecule has 2 unspecified atom stereocenters. The first-order chi connectivity index (χ1) is 10.4. The van der Waals surface area contributed by atoms with Crippen molar-refractivity contribution in [2.24, 2.45) is 5.92 Å². The summed E-state index contributed by atoms with van der Waals surface area (Å²) in [6, 6.07) is 0.569. The van der Waals surface area contributed by atoms with Gasteiger partial charge in [-0.2, -0.15) is 0 Å². The van der Waals surface area contributed by atoms with E-state index in [0.717, 1.165) is 6.42 Å². The fourth-order valence-corrected chi connectivity index (χ4v) is 2.53. The minimum absolute atomic E-state index is 0.484. The Morgan fingerprint density at radius 1 is 1.23 bits per heavy atom. The van der Waals surface area contributed by atoms with Crippen LogP contribution in [0.1, 0.15) is 54.4 Å². The van der Waals surface area contributed by atoms with E-state index < -0.39 is 0 Å². The van der Waals surface area contributed by atoms with Crippen molar-refractivity contribution >= 4 is 0 Å². The summed E-state index contributed by atoms with van der Waals surface area (Å²) in [5.41, 5.74) is 5.45. The quantitative estimate of drug-likeness (QED) is 0.541. The molecule has 2 atom stereocenters. The van der Waals surface area contributed by atoms with Gasteiger partial charge in [0.25, 0.3) is 0 Å². The van der Waals surface area contributed by atoms with Crippen LogP contribution in [-0.4, -0.2) is 18.0 Å². The van der Waals surface area contributed by atoms with E-state index >= 15 is 0 Å². The van der Waals surface area contributed by atoms with Gasteiger partial charge in [0.1, 0.15) is 0 Å². The van der Waals surface area contributed by atoms with E-state index in [1.807, 2.05) is 0 Å². The second-order valence-electron chi connectivity index (χ2n) is 6.41. The summed E-state index contributed by atoms with van der Waals surface area (Å²) in [5, 5.41) is 0. The van der Waals surface area contributed by atoms with Crippen LogP contribution in [0.3, 0.4) is 0 Å². The number of nitrogens with zero attached hydrogens (tertiary/aromatic N) is 1. The van der Waals surface area contributed by atoms with Gasteiger partial charge in [-0.1, -0.05) is 48.5 Å². The van der Waals surface area contributed by atoms with Crippen LogP contribution in [0.5, 0.6) is 0 Å². The van der Waals surface area contributed by atoms with E-state index in [1.54, 1.807) is 0 Å². The fourth-order valence-electron chi connectivity index (χ4n) is 2.53. The molecule has 0 heterocycles. The van der Waals surface area contributed by atoms with Gasteiger partial charge in [-0.05, 0) is 65.0 Å². The van der Waals surface area contributed by atoms with Crippen molar-refractivity contribution in [2.75, 3.05) is 7.05 Å². The molecule has 1 heteroatoms. The molecule has 1 nitrogen and oxygen atoms in total. The molecule has 0 spiro atoms. The molecule has 1 aliphatic carbocycles. The lowest BCUT2D eigenvalue weighted by molar-refractivity contribution is 0.322. The van der Waals surface area contributed by atoms with Crippen LogP contribution in [0.25, 0.3) is 0 Å². The normalized spacial score (nSPS) is 21.1. The lowest BCUT2D eigenvalue weighted by atomic mass is 10.0. The number of hydrogen-bond donors (Lipinski definition) is 0. The largest absolute Gasteiger partial charge is 0.372 e. The van der Waals surface area contributed by atoms with Crippen molar-refractivity contribution in [1.82, 2.24) is 4.90 Å². The van der Waals surface area contributed by atoms with Crippen molar-refractivity contribution in [3.05, 3.63) is 58.9 Å². The first-order valence-corrected chi connectivity index (χ1v) is 8.50. The number of rotatable bonds is 6. The minimum atomic E-state index is 0.484. The predicted molar refractivity (Wildman–Crippen MR) is 99.8 cm³/mol. The molecule has 0 bridgehead atoms. The second kappa shape index (κ2) is 8.82. The highest BCUT2D eigenvalue weighted by Crippen LogP contribution is 2.23. The zero-order valence-electron chi connectivity index (χ0n) is 15.5. The Labute approximate surface area is 137 Å². The van der Waals surface area contributed by atoms with Gasteiger partial charge in [0.05, 0.1) is 0 Å². The minimum Gasteiger partial charge on any atom is -0.372 e. The molecule has 1 rings (SSSR count). The third kappa shape index (κ3) is 5.05. The van der Waals surface area contributed by atoms with Gasteiger partial charge in [0.15, 0.2) is 0 Å². The predicted octanol–water partition coefficient (Wildman–Crippen LogP) is 6.04. The summed E-state index contributed by atoms with van der Waals surface area (Å²) in [6.07, 6.45) is 16.0. The van der Waals surface area contributed by atoms with Crippen molar-refractivity contribution in [3.8, 4) is 0 Å². The Kier molecular flexibility index (Phi) is 7.44. The summed E-state index contributed by atoms with van der Waals surface area (Å²) in [6.45, 7) is 13.2. The van der Waals surface area contributed by atoms with Gasteiger partial charge in [0.2, 0.25) is 0 Å². The molecule has 0 amide bonds. The topological polar surface area (TPSA) is 3.24 Å². The third-order valence-corrected chi connectivity index (χ3v) is 4.88. The maximum Gasteiger partial charge on any atom is 0.0392 e. The summed E-state index contributed by atoms with van der Waals surface area (Å²) >= 11 is 0. The molecular formula is C21H33N. The molecule has 0 saturated heterocycles. The van der Waals surface area contributed by atoms with Crippen LogP contribution in [0.4, 0.5) is 0 Å². The van der Waals surface area contributed by atoms with E-state index in [9.17, 15) is 0 Å². The molecule has 122 valence electrons. The maximum absolute atomic E-state index is 2.39. The van der Waals surface area contributed by atoms with Gasteiger partial charge < -0.3 is 4.90 Å². The average Bonchev–Trinajstić information content (AvgIpc) is 2.72. The van der Waals surface area contributed by atoms with Gasteiger partial charge in [-0.25, -0.2) is 0 Å². The SMILES string of the molecule is C/C=C(C)/C(C)=C\CC1C=CC(C)=C(N(C)C(C)CC)C=C1. The van der Waals surface area contributed by atoms with Crippen molar-refractivity contribution in [1.29, 1.82) is 0 Å². The second-order valence-corrected chi connectivity index (χ2v) is 6.41. The van der Waals surface area contributed by atoms with Crippen LogP contribution in [0.15, 0.2) is 58.9 Å². The maximum atomic E-state index is 2.39. The first kappa shape index (κ1) is 18.5. The molecule has 0 aliphatic heterocycles. The third-order valence-electron chi connectivity index (χ3n) is 4.88. The summed E-state index contributed by atoms with van der Waals surface area (Å²) in [4.78, 5) is 2.39. The molecule has 0 radical (unpaired) electrons. The van der Waals surface area contributed by atoms with E-state index in [-0.39, 0.29) is 0 Å². The standard InChI is InChI=1S/C21H33N/c1-8-16(3)17(4)10-12-20-13-11-18(5)21(15-14-20)22(7)19(6)9-2/h8,10-11,13-15,19-20H,9,12H2,1-7H3/b16-8+,17-10-. The highest BCUT2D eigenvalue weighted by atomic mass is 15.1. The molecule has 0 fully saturated rings. The Bertz CT molecular complexity index is 514. The fraction of sp³-hybridized carbons (Fsp3) is 0.524. The molecule has 0 aromatic heterocycles. The monoisotopic (exact) mass is 299 g/mol. The smallest absolute Gasteiger partial charge is 0.0392 e. The van der Waals surface area contributed by atoms with Crippen LogP contribution < -0.4 is 0 Å². The molecule has 1 aliphatic rings. The highest BCUT2D eigenvalue weighted by molar-refractivity contribution is 5.35. The van der Waals surface area contributed by atoms with Crippen molar-refractivity contribution in [3.63, 3.8) is 0 Å². The summed E-state index contributed by atoms with van der Waals surface area (Å²) < 4.78 is 0. The molecule has 0 saturated carbocycles. The van der Waals surface area contributed by atoms with E-state index in [1.165, 1.54) is 28.8 Å². The number of allylic oxidation sites excluding steroid dienone is 9. The molecule has 0 N–H and O–H groups in total. The van der Waals surface area contributed by atoms with Crippen LogP contribution in [0, 0.1) is 5.92 Å². The Morgan fingerprint density at radius 2 is 1.86 bits per heavy atom. The average molecular weight is 300 g/mol. The van der Waals surface area contributed by atoms with Gasteiger partial charge >= 0.3 is 0 Å². The Hall–Kier alpha value is -1.50. The van der Waals surface area contributed by atoms with Crippen LogP contribution in [-0.2, 0) is 0 Å². The lowest BCUT2D eigenvalue weighted by Gasteiger charge is -2.28. The van der Waals surface area contributed by atoms with E-state index in [2.05, 4.69) is 89.9 Å². The Balaban J connectivity index is 2.83. The Morgan fingerprint density at radius 3 is 2.45 bits per heavy atom. The van der Waals surface area contributed by atoms with Gasteiger partial charge in [0, 0.05) is 18.8 Å². The lowest BCUT2D eigenvalue weighted by Crippen LogP contribution is -2.27. The van der Waals surface area contributed by atoms with E-state index in [4.69, 9.17) is 0 Å².